The van der Waals surface area contributed by atoms with Gasteiger partial charge in [-0.3, -0.25) is 4.98 Å². The molecule has 0 bridgehead atoms. The number of aromatic nitrogens is 1. The number of nitrogens with two attached hydrogens (primary N) is 1. The summed E-state index contributed by atoms with van der Waals surface area (Å²) in [6.45, 7) is 0. The van der Waals surface area contributed by atoms with Gasteiger partial charge in [0, 0.05) is 20.1 Å². The first kappa shape index (κ1) is 11.3. The molecule has 2 N–H and O–H groups in total. The average Bonchev–Trinajstić information content (AvgIpc) is 3.08. The fraction of sp³-hybridized carbons (Fsp3) is 0.545. The van der Waals surface area contributed by atoms with Crippen molar-refractivity contribution in [3.05, 3.63) is 23.3 Å². The highest BCUT2D eigenvalue weighted by Gasteiger charge is 2.30. The van der Waals surface area contributed by atoms with Crippen molar-refractivity contribution >= 4 is 5.69 Å². The van der Waals surface area contributed by atoms with Crippen LogP contribution in [-0.2, 0) is 9.47 Å². The van der Waals surface area contributed by atoms with Gasteiger partial charge in [-0.15, -0.1) is 0 Å². The monoisotopic (exact) mass is 226 g/mol. The molecule has 0 amide bonds. The second kappa shape index (κ2) is 4.35. The van der Waals surface area contributed by atoms with E-state index in [1.165, 1.54) is 20.4 Å². The Labute approximate surface area is 93.6 Å². The predicted octanol–water partition coefficient (Wildman–Crippen LogP) is 1.97. The van der Waals surface area contributed by atoms with Crippen molar-refractivity contribution in [3.8, 4) is 0 Å². The molecule has 1 aliphatic carbocycles. The minimum Gasteiger partial charge on any atom is -0.397 e. The van der Waals surface area contributed by atoms with Gasteiger partial charge in [-0.25, -0.2) is 4.39 Å². The number of methoxy groups -OCH3 is 2. The van der Waals surface area contributed by atoms with Crippen LogP contribution in [0.2, 0.25) is 0 Å². The van der Waals surface area contributed by atoms with Gasteiger partial charge in [0.15, 0.2) is 12.1 Å². The molecule has 0 spiro atoms. The fourth-order valence-corrected chi connectivity index (χ4v) is 1.79. The fourth-order valence-electron chi connectivity index (χ4n) is 1.79. The Morgan fingerprint density at radius 1 is 1.44 bits per heavy atom. The quantitative estimate of drug-likeness (QED) is 0.797. The van der Waals surface area contributed by atoms with Gasteiger partial charge in [0.25, 0.3) is 0 Å². The van der Waals surface area contributed by atoms with Crippen molar-refractivity contribution < 1.29 is 13.9 Å². The number of hydrogen-bond acceptors (Lipinski definition) is 4. The van der Waals surface area contributed by atoms with Gasteiger partial charge >= 0.3 is 0 Å². The third-order valence-electron chi connectivity index (χ3n) is 2.77. The first-order valence-electron chi connectivity index (χ1n) is 5.18. The lowest BCUT2D eigenvalue weighted by Gasteiger charge is -2.18. The molecule has 0 saturated heterocycles. The zero-order valence-corrected chi connectivity index (χ0v) is 9.37. The van der Waals surface area contributed by atoms with Crippen molar-refractivity contribution in [2.75, 3.05) is 20.0 Å². The molecule has 0 atom stereocenters. The maximum Gasteiger partial charge on any atom is 0.188 e. The summed E-state index contributed by atoms with van der Waals surface area (Å²) in [4.78, 5) is 4.04. The van der Waals surface area contributed by atoms with Gasteiger partial charge in [0.05, 0.1) is 23.1 Å². The number of nitrogen functional groups attached to an aromatic ring is 1. The molecular weight excluding hydrogens is 211 g/mol. The van der Waals surface area contributed by atoms with Gasteiger partial charge in [0.2, 0.25) is 0 Å². The maximum absolute atomic E-state index is 13.6. The minimum absolute atomic E-state index is 0.252. The van der Waals surface area contributed by atoms with Gasteiger partial charge in [-0.05, 0) is 12.8 Å². The van der Waals surface area contributed by atoms with Gasteiger partial charge in [0.1, 0.15) is 0 Å². The maximum atomic E-state index is 13.6. The third kappa shape index (κ3) is 1.88. The Hall–Kier alpha value is -1.20. The average molecular weight is 226 g/mol. The molecule has 5 heteroatoms. The zero-order chi connectivity index (χ0) is 11.7. The summed E-state index contributed by atoms with van der Waals surface area (Å²) in [5.74, 6) is -0.121. The molecule has 88 valence electrons. The van der Waals surface area contributed by atoms with E-state index in [1.54, 1.807) is 0 Å². The third-order valence-corrected chi connectivity index (χ3v) is 2.77. The van der Waals surface area contributed by atoms with Gasteiger partial charge in [-0.2, -0.15) is 0 Å². The molecule has 0 aliphatic heterocycles. The van der Waals surface area contributed by atoms with Gasteiger partial charge in [-0.1, -0.05) is 0 Å². The van der Waals surface area contributed by atoms with Crippen molar-refractivity contribution in [1.82, 2.24) is 4.98 Å². The van der Waals surface area contributed by atoms with E-state index in [1.807, 2.05) is 0 Å². The highest BCUT2D eigenvalue weighted by molar-refractivity contribution is 5.54. The number of halogens is 1. The standard InChI is InChI=1S/C11H15FN2O2/c1-15-11(16-2)8-7(12)5-14-10(9(8)13)6-3-4-6/h5-6,11H,3-4,13H2,1-2H3. The van der Waals surface area contributed by atoms with Crippen LogP contribution in [0.1, 0.15) is 36.3 Å². The van der Waals surface area contributed by atoms with Crippen molar-refractivity contribution in [2.45, 2.75) is 25.0 Å². The molecule has 0 aromatic carbocycles. The van der Waals surface area contributed by atoms with E-state index < -0.39 is 12.1 Å². The highest BCUT2D eigenvalue weighted by atomic mass is 19.1. The number of ether oxygens (including phenoxy) is 2. The molecule has 2 rings (SSSR count). The number of rotatable bonds is 4. The minimum atomic E-state index is -0.777. The number of pyridine rings is 1. The Kier molecular flexibility index (Phi) is 3.07. The summed E-state index contributed by atoms with van der Waals surface area (Å²) in [5.41, 5.74) is 7.28. The summed E-state index contributed by atoms with van der Waals surface area (Å²) in [6, 6.07) is 0. The van der Waals surface area contributed by atoms with E-state index >= 15 is 0 Å². The molecular formula is C11H15FN2O2. The van der Waals surface area contributed by atoms with Crippen LogP contribution in [0.5, 0.6) is 0 Å². The van der Waals surface area contributed by atoms with Crippen LogP contribution in [0.25, 0.3) is 0 Å². The Morgan fingerprint density at radius 3 is 2.56 bits per heavy atom. The Bertz CT molecular complexity index is 390. The molecule has 0 radical (unpaired) electrons. The summed E-state index contributed by atoms with van der Waals surface area (Å²) in [5, 5.41) is 0. The summed E-state index contributed by atoms with van der Waals surface area (Å²) in [6.07, 6.45) is 2.53. The van der Waals surface area contributed by atoms with E-state index in [2.05, 4.69) is 4.98 Å². The molecule has 1 saturated carbocycles. The lowest BCUT2D eigenvalue weighted by molar-refractivity contribution is -0.107. The van der Waals surface area contributed by atoms with E-state index in [4.69, 9.17) is 15.2 Å². The van der Waals surface area contributed by atoms with Crippen molar-refractivity contribution in [1.29, 1.82) is 0 Å². The lowest BCUT2D eigenvalue weighted by Crippen LogP contribution is -2.12. The predicted molar refractivity (Wildman–Crippen MR) is 57.3 cm³/mol. The molecule has 1 aromatic rings. The topological polar surface area (TPSA) is 57.4 Å². The van der Waals surface area contributed by atoms with Crippen LogP contribution >= 0.6 is 0 Å². The van der Waals surface area contributed by atoms with Gasteiger partial charge < -0.3 is 15.2 Å². The van der Waals surface area contributed by atoms with Crippen molar-refractivity contribution in [3.63, 3.8) is 0 Å². The summed E-state index contributed by atoms with van der Waals surface area (Å²) >= 11 is 0. The summed E-state index contributed by atoms with van der Waals surface area (Å²) < 4.78 is 23.7. The van der Waals surface area contributed by atoms with Crippen LogP contribution in [-0.4, -0.2) is 19.2 Å². The van der Waals surface area contributed by atoms with Crippen LogP contribution in [0.3, 0.4) is 0 Å². The first-order valence-corrected chi connectivity index (χ1v) is 5.18. The lowest BCUT2D eigenvalue weighted by atomic mass is 10.1. The van der Waals surface area contributed by atoms with E-state index in [0.717, 1.165) is 18.5 Å². The summed E-state index contributed by atoms with van der Waals surface area (Å²) in [7, 11) is 2.90. The molecule has 1 fully saturated rings. The van der Waals surface area contributed by atoms with Crippen LogP contribution in [0.4, 0.5) is 10.1 Å². The molecule has 16 heavy (non-hydrogen) atoms. The first-order chi connectivity index (χ1) is 7.69. The SMILES string of the molecule is COC(OC)c1c(F)cnc(C2CC2)c1N. The van der Waals surface area contributed by atoms with Crippen LogP contribution in [0, 0.1) is 5.82 Å². The zero-order valence-electron chi connectivity index (χ0n) is 9.37. The van der Waals surface area contributed by atoms with E-state index in [-0.39, 0.29) is 5.56 Å². The highest BCUT2D eigenvalue weighted by Crippen LogP contribution is 2.43. The van der Waals surface area contributed by atoms with Crippen molar-refractivity contribution in [2.24, 2.45) is 0 Å². The largest absolute Gasteiger partial charge is 0.397 e. The van der Waals surface area contributed by atoms with Crippen LogP contribution < -0.4 is 5.73 Å². The second-order valence-corrected chi connectivity index (χ2v) is 3.90. The molecule has 1 aliphatic rings. The Balaban J connectivity index is 2.44. The number of nitrogens with zero attached hydrogens (tertiary/aromatic N) is 1. The van der Waals surface area contributed by atoms with E-state index in [0.29, 0.717) is 11.6 Å². The molecule has 0 unspecified atom stereocenters. The normalized spacial score (nSPS) is 15.8. The smallest absolute Gasteiger partial charge is 0.188 e. The van der Waals surface area contributed by atoms with Crippen LogP contribution in [0.15, 0.2) is 6.20 Å². The van der Waals surface area contributed by atoms with E-state index in [9.17, 15) is 4.39 Å². The molecule has 1 aromatic heterocycles. The molecule has 4 nitrogen and oxygen atoms in total. The second-order valence-electron chi connectivity index (χ2n) is 3.90. The molecule has 1 heterocycles. The number of hydrogen-bond donors (Lipinski definition) is 1. The Morgan fingerprint density at radius 2 is 2.06 bits per heavy atom. The number of anilines is 1.